The third-order valence-corrected chi connectivity index (χ3v) is 8.10. The molecule has 5 aliphatic rings. The highest BCUT2D eigenvalue weighted by Crippen LogP contribution is 2.65. The zero-order valence-electron chi connectivity index (χ0n) is 16.6. The molecule has 0 radical (unpaired) electrons. The van der Waals surface area contributed by atoms with Crippen molar-refractivity contribution in [2.24, 2.45) is 23.2 Å². The minimum Gasteiger partial charge on any atom is -0.369 e. The maximum Gasteiger partial charge on any atom is 0.132 e. The number of benzene rings is 1. The van der Waals surface area contributed by atoms with E-state index < -0.39 is 0 Å². The minimum absolute atomic E-state index is 0.569. The monoisotopic (exact) mass is 374 g/mol. The van der Waals surface area contributed by atoms with E-state index in [1.54, 1.807) is 6.33 Å². The summed E-state index contributed by atoms with van der Waals surface area (Å²) >= 11 is 0. The Morgan fingerprint density at radius 3 is 2.68 bits per heavy atom. The zero-order chi connectivity index (χ0) is 18.6. The molecule has 2 unspecified atom stereocenters. The highest BCUT2D eigenvalue weighted by Gasteiger charge is 2.57. The molecule has 4 heteroatoms. The first kappa shape index (κ1) is 17.0. The Morgan fingerprint density at radius 1 is 1.04 bits per heavy atom. The molecular formula is C24H30N4. The lowest BCUT2D eigenvalue weighted by atomic mass is 9.75. The Balaban J connectivity index is 1.16. The van der Waals surface area contributed by atoms with E-state index >= 15 is 0 Å². The van der Waals surface area contributed by atoms with Crippen LogP contribution in [-0.4, -0.2) is 28.0 Å². The van der Waals surface area contributed by atoms with E-state index in [4.69, 9.17) is 0 Å². The highest BCUT2D eigenvalue weighted by atomic mass is 15.1. The molecule has 2 heterocycles. The van der Waals surface area contributed by atoms with E-state index in [-0.39, 0.29) is 0 Å². The largest absolute Gasteiger partial charge is 0.369 e. The van der Waals surface area contributed by atoms with Crippen molar-refractivity contribution in [3.05, 3.63) is 53.5 Å². The molecule has 2 aromatic rings. The van der Waals surface area contributed by atoms with E-state index in [0.717, 1.165) is 56.2 Å². The summed E-state index contributed by atoms with van der Waals surface area (Å²) in [6, 6.07) is 10.8. The highest BCUT2D eigenvalue weighted by molar-refractivity contribution is 5.47. The first-order valence-electron chi connectivity index (χ1n) is 11.1. The number of nitrogens with zero attached hydrogens (tertiary/aromatic N) is 3. The predicted molar refractivity (Wildman–Crippen MR) is 111 cm³/mol. The molecule has 0 amide bonds. The summed E-state index contributed by atoms with van der Waals surface area (Å²) in [5.41, 5.74) is 4.53. The van der Waals surface area contributed by atoms with Crippen LogP contribution in [-0.2, 0) is 19.5 Å². The van der Waals surface area contributed by atoms with Gasteiger partial charge in [-0.2, -0.15) is 0 Å². The number of hydrogen-bond donors (Lipinski definition) is 1. The molecular weight excluding hydrogens is 344 g/mol. The zero-order valence-corrected chi connectivity index (χ0v) is 16.6. The average Bonchev–Trinajstić information content (AvgIpc) is 3.10. The Hall–Kier alpha value is -1.94. The van der Waals surface area contributed by atoms with Gasteiger partial charge in [-0.1, -0.05) is 30.3 Å². The van der Waals surface area contributed by atoms with Crippen LogP contribution in [0, 0.1) is 23.2 Å². The Bertz CT molecular complexity index is 850. The summed E-state index contributed by atoms with van der Waals surface area (Å²) in [5, 5.41) is 3.81. The lowest BCUT2D eigenvalue weighted by Crippen LogP contribution is -2.34. The SMILES string of the molecule is c1ccc(CN2CCc3c(ncnc3NCC34CC5CC(CC3C5)C4)C2)cc1. The van der Waals surface area contributed by atoms with Crippen molar-refractivity contribution in [3.63, 3.8) is 0 Å². The fraction of sp³-hybridized carbons (Fsp3) is 0.583. The van der Waals surface area contributed by atoms with E-state index in [9.17, 15) is 0 Å². The summed E-state index contributed by atoms with van der Waals surface area (Å²) in [6.45, 7) is 4.14. The fourth-order valence-electron chi connectivity index (χ4n) is 7.05. The summed E-state index contributed by atoms with van der Waals surface area (Å²) in [6.07, 6.45) is 10.2. The van der Waals surface area contributed by atoms with Crippen LogP contribution in [0.2, 0.25) is 0 Å². The van der Waals surface area contributed by atoms with Gasteiger partial charge < -0.3 is 5.32 Å². The fourth-order valence-corrected chi connectivity index (χ4v) is 7.05. The maximum atomic E-state index is 4.66. The molecule has 4 nitrogen and oxygen atoms in total. The van der Waals surface area contributed by atoms with Crippen LogP contribution < -0.4 is 5.32 Å². The van der Waals surface area contributed by atoms with Crippen LogP contribution in [0.15, 0.2) is 36.7 Å². The molecule has 0 spiro atoms. The third-order valence-electron chi connectivity index (χ3n) is 8.10. The molecule has 1 aliphatic heterocycles. The first-order valence-corrected chi connectivity index (χ1v) is 11.1. The van der Waals surface area contributed by atoms with Crippen LogP contribution in [0.3, 0.4) is 0 Å². The number of fused-ring (bicyclic) bond motifs is 1. The third kappa shape index (κ3) is 2.85. The molecule has 4 saturated carbocycles. The van der Waals surface area contributed by atoms with Crippen LogP contribution in [0.1, 0.15) is 48.9 Å². The number of aromatic nitrogens is 2. The second-order valence-electron chi connectivity index (χ2n) is 9.85. The van der Waals surface area contributed by atoms with Gasteiger partial charge in [-0.05, 0) is 67.3 Å². The summed E-state index contributed by atoms with van der Waals surface area (Å²) in [5.74, 6) is 4.13. The van der Waals surface area contributed by atoms with Gasteiger partial charge in [0.15, 0.2) is 0 Å². The van der Waals surface area contributed by atoms with Crippen LogP contribution in [0.4, 0.5) is 5.82 Å². The van der Waals surface area contributed by atoms with Crippen LogP contribution in [0.5, 0.6) is 0 Å². The van der Waals surface area contributed by atoms with Gasteiger partial charge in [0.25, 0.3) is 0 Å². The van der Waals surface area contributed by atoms with Gasteiger partial charge >= 0.3 is 0 Å². The van der Waals surface area contributed by atoms with Crippen LogP contribution in [0.25, 0.3) is 0 Å². The van der Waals surface area contributed by atoms with Crippen molar-refractivity contribution < 1.29 is 0 Å². The Labute approximate surface area is 167 Å². The summed E-state index contributed by atoms with van der Waals surface area (Å²) in [4.78, 5) is 11.8. The van der Waals surface area contributed by atoms with Crippen molar-refractivity contribution in [1.29, 1.82) is 0 Å². The van der Waals surface area contributed by atoms with Crippen molar-refractivity contribution in [2.75, 3.05) is 18.4 Å². The molecule has 4 fully saturated rings. The topological polar surface area (TPSA) is 41.1 Å². The Kier molecular flexibility index (Phi) is 3.97. The van der Waals surface area contributed by atoms with Gasteiger partial charge in [-0.25, -0.2) is 9.97 Å². The summed E-state index contributed by atoms with van der Waals surface area (Å²) in [7, 11) is 0. The van der Waals surface area contributed by atoms with E-state index in [1.807, 2.05) is 0 Å². The molecule has 4 bridgehead atoms. The number of hydrogen-bond acceptors (Lipinski definition) is 4. The van der Waals surface area contributed by atoms with Crippen molar-refractivity contribution in [3.8, 4) is 0 Å². The van der Waals surface area contributed by atoms with Crippen LogP contribution >= 0.6 is 0 Å². The van der Waals surface area contributed by atoms with Crippen molar-refractivity contribution in [1.82, 2.24) is 14.9 Å². The minimum atomic E-state index is 0.569. The van der Waals surface area contributed by atoms with Crippen molar-refractivity contribution in [2.45, 2.75) is 51.6 Å². The number of nitrogens with one attached hydrogen (secondary N) is 1. The molecule has 1 aromatic carbocycles. The van der Waals surface area contributed by atoms with E-state index in [0.29, 0.717) is 5.41 Å². The normalized spacial score (nSPS) is 33.2. The molecule has 4 aliphatic carbocycles. The summed E-state index contributed by atoms with van der Waals surface area (Å²) < 4.78 is 0. The molecule has 2 atom stereocenters. The molecule has 146 valence electrons. The van der Waals surface area contributed by atoms with Gasteiger partial charge in [-0.15, -0.1) is 0 Å². The lowest BCUT2D eigenvalue weighted by molar-refractivity contribution is 0.215. The molecule has 7 rings (SSSR count). The van der Waals surface area contributed by atoms with Gasteiger partial charge in [0.2, 0.25) is 0 Å². The second-order valence-corrected chi connectivity index (χ2v) is 9.85. The average molecular weight is 375 g/mol. The maximum absolute atomic E-state index is 4.66. The first-order chi connectivity index (χ1) is 13.8. The lowest BCUT2D eigenvalue weighted by Gasteiger charge is -2.34. The van der Waals surface area contributed by atoms with Gasteiger partial charge in [0.05, 0.1) is 5.69 Å². The molecule has 0 saturated heterocycles. The molecule has 1 N–H and O–H groups in total. The van der Waals surface area contributed by atoms with Gasteiger partial charge in [-0.3, -0.25) is 4.90 Å². The predicted octanol–water partition coefficient (Wildman–Crippen LogP) is 4.27. The van der Waals surface area contributed by atoms with E-state index in [2.05, 4.69) is 50.5 Å². The van der Waals surface area contributed by atoms with Gasteiger partial charge in [0.1, 0.15) is 12.1 Å². The molecule has 28 heavy (non-hydrogen) atoms. The van der Waals surface area contributed by atoms with E-state index in [1.165, 1.54) is 48.9 Å². The van der Waals surface area contributed by atoms with Crippen molar-refractivity contribution >= 4 is 5.82 Å². The van der Waals surface area contributed by atoms with Gasteiger partial charge in [0, 0.05) is 31.7 Å². The number of anilines is 1. The second kappa shape index (κ2) is 6.55. The Morgan fingerprint density at radius 2 is 1.86 bits per heavy atom. The standard InChI is InChI=1S/C24H30N4/c1-2-4-17(5-3-1)13-28-7-6-21-22(14-28)26-16-27-23(21)25-15-24-11-18-8-19(12-24)10-20(24)9-18/h1-5,16,18-20H,6-15H2,(H,25,26,27). The molecule has 1 aromatic heterocycles. The smallest absolute Gasteiger partial charge is 0.132 e. The number of rotatable bonds is 5. The quantitative estimate of drug-likeness (QED) is 0.848.